The molecule has 0 bridgehead atoms. The number of benzene rings is 2. The molecule has 5 rings (SSSR count). The van der Waals surface area contributed by atoms with E-state index in [1.807, 2.05) is 61.5 Å². The zero-order chi connectivity index (χ0) is 31.0. The van der Waals surface area contributed by atoms with Crippen LogP contribution in [0.4, 0.5) is 5.69 Å². The van der Waals surface area contributed by atoms with Crippen LogP contribution in [-0.2, 0) is 19.8 Å². The molecule has 11 heteroatoms. The fraction of sp³-hybridized carbons (Fsp3) is 0.344. The van der Waals surface area contributed by atoms with Crippen molar-refractivity contribution in [3.63, 3.8) is 0 Å². The largest absolute Gasteiger partial charge is 0.493 e. The number of anilines is 1. The first kappa shape index (κ1) is 31.2. The Balaban J connectivity index is 0.000000641. The molecule has 2 aliphatic rings. The number of hydrogen-bond donors (Lipinski definition) is 3. The van der Waals surface area contributed by atoms with Gasteiger partial charge < -0.3 is 29.7 Å². The maximum absolute atomic E-state index is 13.9. The van der Waals surface area contributed by atoms with Gasteiger partial charge in [0.15, 0.2) is 5.82 Å². The second kappa shape index (κ2) is 13.9. The number of carboxylic acid groups (broad SMARTS) is 2. The van der Waals surface area contributed by atoms with Gasteiger partial charge in [-0.15, -0.1) is 0 Å². The Labute approximate surface area is 249 Å². The van der Waals surface area contributed by atoms with Crippen molar-refractivity contribution in [3.05, 3.63) is 95.7 Å². The predicted molar refractivity (Wildman–Crippen MR) is 159 cm³/mol. The van der Waals surface area contributed by atoms with Crippen molar-refractivity contribution in [2.75, 3.05) is 32.1 Å². The summed E-state index contributed by atoms with van der Waals surface area (Å²) in [6.45, 7) is 6.62. The Kier molecular flexibility index (Phi) is 10.1. The van der Waals surface area contributed by atoms with Crippen molar-refractivity contribution in [1.29, 1.82) is 0 Å². The van der Waals surface area contributed by atoms with Crippen LogP contribution in [0.1, 0.15) is 43.0 Å². The summed E-state index contributed by atoms with van der Waals surface area (Å²) in [4.78, 5) is 38.9. The Bertz CT molecular complexity index is 1490. The Morgan fingerprint density at radius 2 is 1.84 bits per heavy atom. The number of aryl methyl sites for hydroxylation is 1. The van der Waals surface area contributed by atoms with E-state index in [2.05, 4.69) is 45.6 Å². The van der Waals surface area contributed by atoms with Gasteiger partial charge in [0.1, 0.15) is 11.2 Å². The Morgan fingerprint density at radius 3 is 2.47 bits per heavy atom. The quantitative estimate of drug-likeness (QED) is 0.267. The second-order valence-electron chi connectivity index (χ2n) is 10.8. The lowest BCUT2D eigenvalue weighted by atomic mass is 9.75. The number of ether oxygens (including phenoxy) is 1. The van der Waals surface area contributed by atoms with Crippen molar-refractivity contribution >= 4 is 23.5 Å². The molecule has 11 nitrogen and oxygen atoms in total. The number of allylic oxidation sites excluding steroid dienone is 2. The fourth-order valence-corrected chi connectivity index (χ4v) is 5.30. The van der Waals surface area contributed by atoms with Crippen LogP contribution in [0, 0.1) is 12.8 Å². The Hall–Kier alpha value is -4.77. The number of aromatic nitrogens is 2. The predicted octanol–water partition coefficient (Wildman–Crippen LogP) is 4.43. The van der Waals surface area contributed by atoms with E-state index in [-0.39, 0.29) is 11.8 Å². The molecule has 2 aromatic carbocycles. The maximum Gasteiger partial charge on any atom is 0.414 e. The lowest BCUT2D eigenvalue weighted by Gasteiger charge is -2.30. The number of nitrogens with one attached hydrogen (secondary N) is 1. The number of likely N-dealkylation sites (tertiary alicyclic amines) is 1. The highest BCUT2D eigenvalue weighted by molar-refractivity contribution is 6.27. The third kappa shape index (κ3) is 7.95. The topological polar surface area (TPSA) is 155 Å². The summed E-state index contributed by atoms with van der Waals surface area (Å²) >= 11 is 0. The first-order valence-electron chi connectivity index (χ1n) is 14.0. The number of amides is 1. The molecule has 3 atom stereocenters. The van der Waals surface area contributed by atoms with E-state index in [0.29, 0.717) is 29.9 Å². The van der Waals surface area contributed by atoms with Crippen LogP contribution in [0.25, 0.3) is 0 Å². The van der Waals surface area contributed by atoms with Crippen molar-refractivity contribution in [3.8, 4) is 5.75 Å². The van der Waals surface area contributed by atoms with Crippen molar-refractivity contribution in [2.45, 2.75) is 38.0 Å². The molecule has 1 aromatic heterocycles. The molecule has 3 N–H and O–H groups in total. The third-order valence-corrected chi connectivity index (χ3v) is 7.41. The first-order chi connectivity index (χ1) is 20.6. The summed E-state index contributed by atoms with van der Waals surface area (Å²) in [5.74, 6) is -1.84. The van der Waals surface area contributed by atoms with Crippen molar-refractivity contribution < 1.29 is 33.9 Å². The van der Waals surface area contributed by atoms with Gasteiger partial charge in [0.2, 0.25) is 11.8 Å². The number of carbonyl (C=O) groups is 3. The van der Waals surface area contributed by atoms with Crippen molar-refractivity contribution in [1.82, 2.24) is 15.0 Å². The van der Waals surface area contributed by atoms with Crippen LogP contribution in [0.2, 0.25) is 0 Å². The SMILES string of the molecule is CC1=CC(C(=O)Nc2cccc(OCC3CCCN(C)C3)c2)(c2noc(C)n2)C=CC1c1ccccc1.O=C(O)C(=O)O. The normalized spacial score (nSPS) is 21.6. The number of nitrogens with zero attached hydrogens (tertiary/aromatic N) is 3. The van der Waals surface area contributed by atoms with Crippen LogP contribution < -0.4 is 10.1 Å². The zero-order valence-corrected chi connectivity index (χ0v) is 24.4. The number of hydrogen-bond acceptors (Lipinski definition) is 8. The molecule has 1 aliphatic heterocycles. The minimum absolute atomic E-state index is 0.0747. The summed E-state index contributed by atoms with van der Waals surface area (Å²) in [6.07, 6.45) is 8.26. The number of rotatable bonds is 7. The molecule has 3 unspecified atom stereocenters. The highest BCUT2D eigenvalue weighted by Gasteiger charge is 2.43. The summed E-state index contributed by atoms with van der Waals surface area (Å²) in [7, 11) is 2.15. The standard InChI is InChI=1S/C30H34N4O3.C2H2O4/c1-21-18-30(28-31-22(2)37-33-28,15-14-27(21)24-10-5-4-6-11-24)29(35)32-25-12-7-13-26(17-25)36-20-23-9-8-16-34(3)19-23;3-1(4)2(5)6/h4-7,10-15,17-18,23,27H,8-9,16,19-20H2,1-3H3,(H,32,35);(H,3,4)(H,5,6). The molecule has 43 heavy (non-hydrogen) atoms. The van der Waals surface area contributed by atoms with Gasteiger partial charge in [-0.25, -0.2) is 9.59 Å². The number of carbonyl (C=O) groups excluding carboxylic acids is 1. The van der Waals surface area contributed by atoms with E-state index in [9.17, 15) is 4.79 Å². The van der Waals surface area contributed by atoms with Gasteiger partial charge in [-0.05, 0) is 51.1 Å². The molecular weight excluding hydrogens is 552 g/mol. The van der Waals surface area contributed by atoms with Gasteiger partial charge in [-0.2, -0.15) is 4.98 Å². The van der Waals surface area contributed by atoms with E-state index < -0.39 is 17.4 Å². The van der Waals surface area contributed by atoms with Crippen LogP contribution in [0.15, 0.2) is 82.9 Å². The van der Waals surface area contributed by atoms with Crippen LogP contribution in [0.5, 0.6) is 5.75 Å². The number of carboxylic acids is 2. The number of piperidine rings is 1. The molecule has 1 fully saturated rings. The van der Waals surface area contributed by atoms with E-state index >= 15 is 0 Å². The van der Waals surface area contributed by atoms with Gasteiger partial charge in [0.05, 0.1) is 6.61 Å². The van der Waals surface area contributed by atoms with E-state index in [1.54, 1.807) is 6.92 Å². The molecule has 226 valence electrons. The summed E-state index contributed by atoms with van der Waals surface area (Å²) in [5, 5.41) is 22.0. The van der Waals surface area contributed by atoms with Gasteiger partial charge >= 0.3 is 11.9 Å². The summed E-state index contributed by atoms with van der Waals surface area (Å²) < 4.78 is 11.4. The third-order valence-electron chi connectivity index (χ3n) is 7.41. The first-order valence-corrected chi connectivity index (χ1v) is 14.0. The molecule has 1 amide bonds. The molecule has 1 saturated heterocycles. The minimum Gasteiger partial charge on any atom is -0.493 e. The molecule has 0 radical (unpaired) electrons. The number of aliphatic carboxylic acids is 2. The molecule has 0 spiro atoms. The molecule has 2 heterocycles. The summed E-state index contributed by atoms with van der Waals surface area (Å²) in [6, 6.07) is 17.8. The van der Waals surface area contributed by atoms with E-state index in [4.69, 9.17) is 29.1 Å². The molecule has 3 aromatic rings. The van der Waals surface area contributed by atoms with Gasteiger partial charge in [0.25, 0.3) is 0 Å². The Morgan fingerprint density at radius 1 is 1.09 bits per heavy atom. The minimum atomic E-state index is -1.82. The lowest BCUT2D eigenvalue weighted by molar-refractivity contribution is -0.159. The van der Waals surface area contributed by atoms with Crippen LogP contribution in [0.3, 0.4) is 0 Å². The maximum atomic E-state index is 13.9. The average Bonchev–Trinajstić information content (AvgIpc) is 3.43. The highest BCUT2D eigenvalue weighted by atomic mass is 16.5. The zero-order valence-electron chi connectivity index (χ0n) is 24.4. The van der Waals surface area contributed by atoms with E-state index in [1.165, 1.54) is 18.4 Å². The lowest BCUT2D eigenvalue weighted by Crippen LogP contribution is -2.40. The fourth-order valence-electron chi connectivity index (χ4n) is 5.30. The molecule has 0 saturated carbocycles. The van der Waals surface area contributed by atoms with Gasteiger partial charge in [-0.3, -0.25) is 4.79 Å². The second-order valence-corrected chi connectivity index (χ2v) is 10.8. The smallest absolute Gasteiger partial charge is 0.414 e. The van der Waals surface area contributed by atoms with Gasteiger partial charge in [0, 0.05) is 37.1 Å². The average molecular weight is 589 g/mol. The monoisotopic (exact) mass is 588 g/mol. The van der Waals surface area contributed by atoms with Crippen molar-refractivity contribution in [2.24, 2.45) is 5.92 Å². The van der Waals surface area contributed by atoms with Crippen LogP contribution >= 0.6 is 0 Å². The van der Waals surface area contributed by atoms with Gasteiger partial charge in [-0.1, -0.05) is 65.4 Å². The van der Waals surface area contributed by atoms with E-state index in [0.717, 1.165) is 24.4 Å². The summed E-state index contributed by atoms with van der Waals surface area (Å²) in [5.41, 5.74) is 1.68. The molecular formula is C32H36N4O7. The molecule has 1 aliphatic carbocycles. The highest BCUT2D eigenvalue weighted by Crippen LogP contribution is 2.39. The van der Waals surface area contributed by atoms with Crippen LogP contribution in [-0.4, -0.2) is 69.8 Å².